The number of hydrogen-bond acceptors (Lipinski definition) is 8. The van der Waals surface area contributed by atoms with Crippen LogP contribution in [0.5, 0.6) is 0 Å². The molecule has 0 amide bonds. The number of rotatable bonds is 7. The van der Waals surface area contributed by atoms with Crippen molar-refractivity contribution in [2.45, 2.75) is 32.4 Å². The minimum Gasteiger partial charge on any atom is -0.463 e. The van der Waals surface area contributed by atoms with Gasteiger partial charge in [0, 0.05) is 43.3 Å². The summed E-state index contributed by atoms with van der Waals surface area (Å²) in [4.78, 5) is 24.2. The SMILES string of the molecule is CCOC(=O)C1=C2CC(NS(=O)(=O)NC)CN2C(c2nccs2)=N[C@H]1c1ccc(F)cc1C. The third-order valence-corrected chi connectivity index (χ3v) is 7.45. The van der Waals surface area contributed by atoms with E-state index in [0.717, 1.165) is 0 Å². The van der Waals surface area contributed by atoms with Gasteiger partial charge in [0.25, 0.3) is 10.2 Å². The van der Waals surface area contributed by atoms with Crippen LogP contribution in [-0.4, -0.2) is 56.3 Å². The van der Waals surface area contributed by atoms with Crippen molar-refractivity contribution < 1.29 is 22.3 Å². The Morgan fingerprint density at radius 3 is 2.82 bits per heavy atom. The number of aromatic nitrogens is 1. The van der Waals surface area contributed by atoms with Crippen molar-refractivity contribution in [1.82, 2.24) is 19.3 Å². The van der Waals surface area contributed by atoms with Crippen LogP contribution in [0.15, 0.2) is 46.0 Å². The van der Waals surface area contributed by atoms with Gasteiger partial charge in [0.1, 0.15) is 11.9 Å². The number of carbonyl (C=O) groups excluding carboxylic acids is 1. The number of aryl methyl sites for hydroxylation is 1. The molecule has 9 nitrogen and oxygen atoms in total. The fourth-order valence-corrected chi connectivity index (χ4v) is 5.45. The number of nitrogens with one attached hydrogen (secondary N) is 2. The molecule has 1 fully saturated rings. The summed E-state index contributed by atoms with van der Waals surface area (Å²) in [6, 6.07) is 3.10. The van der Waals surface area contributed by atoms with Gasteiger partial charge in [-0.2, -0.15) is 13.1 Å². The van der Waals surface area contributed by atoms with Gasteiger partial charge >= 0.3 is 5.97 Å². The van der Waals surface area contributed by atoms with Crippen LogP contribution in [0.1, 0.15) is 35.5 Å². The maximum absolute atomic E-state index is 13.8. The summed E-state index contributed by atoms with van der Waals surface area (Å²) in [6.07, 6.45) is 1.92. The van der Waals surface area contributed by atoms with Gasteiger partial charge in [-0.3, -0.25) is 4.99 Å². The molecule has 3 heterocycles. The molecule has 1 saturated heterocycles. The van der Waals surface area contributed by atoms with E-state index in [1.165, 1.54) is 30.5 Å². The van der Waals surface area contributed by atoms with Crippen molar-refractivity contribution in [3.63, 3.8) is 0 Å². The number of esters is 1. The normalized spacial score (nSPS) is 20.6. The Bertz CT molecular complexity index is 1230. The molecular weight excluding hydrogens is 469 g/mol. The molecule has 0 spiro atoms. The van der Waals surface area contributed by atoms with Crippen LogP contribution in [0.2, 0.25) is 0 Å². The second-order valence-electron chi connectivity index (χ2n) is 7.61. The molecule has 2 atom stereocenters. The number of aliphatic imine (C=N–C) groups is 1. The van der Waals surface area contributed by atoms with Crippen molar-refractivity contribution in [2.75, 3.05) is 20.2 Å². The Hall–Kier alpha value is -2.67. The highest BCUT2D eigenvalue weighted by atomic mass is 32.2. The standard InChI is InChI=1S/C21H24FN5O4S2/c1-4-31-21(28)17-16-10-14(26-33(29,30)23-3)11-27(16)19(20-24-7-8-32-20)25-18(17)15-6-5-13(22)9-12(15)2/h5-9,14,18,23,26H,4,10-11H2,1-3H3/t14?,18-/m0/s1. The van der Waals surface area contributed by atoms with Gasteiger partial charge in [-0.05, 0) is 37.1 Å². The van der Waals surface area contributed by atoms with Crippen LogP contribution in [0.3, 0.4) is 0 Å². The van der Waals surface area contributed by atoms with E-state index in [1.807, 2.05) is 10.3 Å². The highest BCUT2D eigenvalue weighted by Crippen LogP contribution is 2.41. The maximum Gasteiger partial charge on any atom is 0.338 e. The second-order valence-corrected chi connectivity index (χ2v) is 10.2. The van der Waals surface area contributed by atoms with Crippen LogP contribution in [0, 0.1) is 12.7 Å². The summed E-state index contributed by atoms with van der Waals surface area (Å²) in [6.45, 7) is 3.91. The Morgan fingerprint density at radius 1 is 1.39 bits per heavy atom. The molecule has 1 aromatic carbocycles. The van der Waals surface area contributed by atoms with Gasteiger partial charge in [-0.15, -0.1) is 11.3 Å². The minimum atomic E-state index is -3.70. The topological polar surface area (TPSA) is 113 Å². The van der Waals surface area contributed by atoms with E-state index >= 15 is 0 Å². The summed E-state index contributed by atoms with van der Waals surface area (Å²) < 4.78 is 48.3. The van der Waals surface area contributed by atoms with E-state index in [4.69, 9.17) is 9.73 Å². The number of halogens is 1. The van der Waals surface area contributed by atoms with Gasteiger partial charge in [0.15, 0.2) is 10.8 Å². The molecule has 0 aliphatic carbocycles. The number of thiazole rings is 1. The zero-order valence-corrected chi connectivity index (χ0v) is 20.0. The second kappa shape index (κ2) is 9.29. The molecule has 2 aromatic rings. The first-order valence-electron chi connectivity index (χ1n) is 10.4. The Balaban J connectivity index is 1.88. The van der Waals surface area contributed by atoms with Crippen LogP contribution in [0.25, 0.3) is 0 Å². The number of carbonyl (C=O) groups is 1. The molecule has 0 bridgehead atoms. The predicted octanol–water partition coefficient (Wildman–Crippen LogP) is 2.04. The average Bonchev–Trinajstić information content (AvgIpc) is 3.42. The lowest BCUT2D eigenvalue weighted by atomic mass is 9.91. The van der Waals surface area contributed by atoms with E-state index in [-0.39, 0.29) is 25.4 Å². The Kier molecular flexibility index (Phi) is 6.61. The van der Waals surface area contributed by atoms with Gasteiger partial charge in [0.2, 0.25) is 0 Å². The fraction of sp³-hybridized carbons (Fsp3) is 0.381. The quantitative estimate of drug-likeness (QED) is 0.571. The predicted molar refractivity (Wildman–Crippen MR) is 122 cm³/mol. The van der Waals surface area contributed by atoms with Crippen LogP contribution < -0.4 is 9.44 Å². The third-order valence-electron chi connectivity index (χ3n) is 5.50. The van der Waals surface area contributed by atoms with E-state index in [9.17, 15) is 17.6 Å². The first kappa shape index (κ1) is 23.5. The fourth-order valence-electron chi connectivity index (χ4n) is 4.09. The first-order valence-corrected chi connectivity index (χ1v) is 12.7. The summed E-state index contributed by atoms with van der Waals surface area (Å²) in [5, 5.41) is 2.45. The number of amidine groups is 1. The highest BCUT2D eigenvalue weighted by Gasteiger charge is 2.43. The summed E-state index contributed by atoms with van der Waals surface area (Å²) in [5.74, 6) is -0.385. The third kappa shape index (κ3) is 4.69. The van der Waals surface area contributed by atoms with Crippen molar-refractivity contribution in [3.05, 3.63) is 63.0 Å². The van der Waals surface area contributed by atoms with Gasteiger partial charge < -0.3 is 9.64 Å². The molecule has 0 saturated carbocycles. The van der Waals surface area contributed by atoms with Crippen molar-refractivity contribution in [3.8, 4) is 0 Å². The summed E-state index contributed by atoms with van der Waals surface area (Å²) in [5.41, 5.74) is 2.24. The van der Waals surface area contributed by atoms with Gasteiger partial charge in [-0.25, -0.2) is 18.9 Å². The summed E-state index contributed by atoms with van der Waals surface area (Å²) >= 11 is 1.39. The number of nitrogens with zero attached hydrogens (tertiary/aromatic N) is 3. The van der Waals surface area contributed by atoms with Crippen molar-refractivity contribution in [1.29, 1.82) is 0 Å². The Morgan fingerprint density at radius 2 is 2.18 bits per heavy atom. The lowest BCUT2D eigenvalue weighted by Gasteiger charge is -2.32. The number of ether oxygens (including phenoxy) is 1. The number of fused-ring (bicyclic) bond motifs is 1. The summed E-state index contributed by atoms with van der Waals surface area (Å²) in [7, 11) is -2.38. The van der Waals surface area contributed by atoms with E-state index in [2.05, 4.69) is 14.4 Å². The molecule has 2 aliphatic heterocycles. The van der Waals surface area contributed by atoms with Gasteiger partial charge in [0.05, 0.1) is 12.2 Å². The molecule has 1 aromatic heterocycles. The maximum atomic E-state index is 13.8. The van der Waals surface area contributed by atoms with Crippen LogP contribution in [0.4, 0.5) is 4.39 Å². The monoisotopic (exact) mass is 493 g/mol. The zero-order chi connectivity index (χ0) is 23.8. The molecule has 33 heavy (non-hydrogen) atoms. The average molecular weight is 494 g/mol. The smallest absolute Gasteiger partial charge is 0.338 e. The lowest BCUT2D eigenvalue weighted by molar-refractivity contribution is -0.139. The molecule has 0 radical (unpaired) electrons. The Labute approximate surface area is 195 Å². The van der Waals surface area contributed by atoms with Gasteiger partial charge in [-0.1, -0.05) is 6.07 Å². The van der Waals surface area contributed by atoms with Crippen molar-refractivity contribution >= 4 is 33.4 Å². The lowest BCUT2D eigenvalue weighted by Crippen LogP contribution is -2.43. The van der Waals surface area contributed by atoms with E-state index in [0.29, 0.717) is 33.2 Å². The zero-order valence-electron chi connectivity index (χ0n) is 18.3. The van der Waals surface area contributed by atoms with Crippen LogP contribution in [-0.2, 0) is 19.7 Å². The van der Waals surface area contributed by atoms with E-state index in [1.54, 1.807) is 26.1 Å². The molecule has 4 rings (SSSR count). The number of benzene rings is 1. The number of hydrogen-bond donors (Lipinski definition) is 2. The largest absolute Gasteiger partial charge is 0.463 e. The highest BCUT2D eigenvalue weighted by molar-refractivity contribution is 7.87. The first-order chi connectivity index (χ1) is 15.7. The molecule has 2 aliphatic rings. The minimum absolute atomic E-state index is 0.170. The molecule has 2 N–H and O–H groups in total. The molecule has 12 heteroatoms. The van der Waals surface area contributed by atoms with Crippen molar-refractivity contribution in [2.24, 2.45) is 4.99 Å². The molecule has 176 valence electrons. The van der Waals surface area contributed by atoms with Crippen LogP contribution >= 0.6 is 11.3 Å². The molecular formula is C21H24FN5O4S2. The van der Waals surface area contributed by atoms with E-state index < -0.39 is 28.3 Å². The molecule has 1 unspecified atom stereocenters.